The summed E-state index contributed by atoms with van der Waals surface area (Å²) in [5, 5.41) is 20.8. The molecule has 0 saturated carbocycles. The van der Waals surface area contributed by atoms with Crippen molar-refractivity contribution in [2.24, 2.45) is 0 Å². The van der Waals surface area contributed by atoms with Crippen molar-refractivity contribution in [3.8, 4) is 0 Å². The number of aliphatic hydroxyl groups is 1. The Balaban J connectivity index is 2.63. The molecule has 0 saturated heterocycles. The molecule has 0 aliphatic heterocycles. The average molecular weight is 225 g/mol. The standard InChI is InChI=1S/C11H15NO4/c1-16-7-10(6-13)12-9-4-2-8(3-5-9)11(14)15/h2-5,10,12-13H,6-7H2,1H3,(H,14,15). The van der Waals surface area contributed by atoms with Gasteiger partial charge >= 0.3 is 5.97 Å². The summed E-state index contributed by atoms with van der Waals surface area (Å²) in [6.45, 7) is 0.339. The largest absolute Gasteiger partial charge is 0.478 e. The zero-order chi connectivity index (χ0) is 12.0. The summed E-state index contributed by atoms with van der Waals surface area (Å²) in [6, 6.07) is 6.13. The number of rotatable bonds is 6. The lowest BCUT2D eigenvalue weighted by Gasteiger charge is -2.16. The summed E-state index contributed by atoms with van der Waals surface area (Å²) in [4.78, 5) is 10.6. The summed E-state index contributed by atoms with van der Waals surface area (Å²) in [5.41, 5.74) is 0.985. The second-order valence-corrected chi connectivity index (χ2v) is 3.36. The quantitative estimate of drug-likeness (QED) is 0.667. The van der Waals surface area contributed by atoms with Crippen LogP contribution in [-0.4, -0.2) is 42.5 Å². The van der Waals surface area contributed by atoms with Gasteiger partial charge in [-0.05, 0) is 24.3 Å². The first-order valence-electron chi connectivity index (χ1n) is 4.87. The first kappa shape index (κ1) is 12.5. The topological polar surface area (TPSA) is 78.8 Å². The summed E-state index contributed by atoms with van der Waals surface area (Å²) < 4.78 is 4.91. The lowest BCUT2D eigenvalue weighted by Crippen LogP contribution is -2.28. The Morgan fingerprint density at radius 1 is 1.44 bits per heavy atom. The molecule has 0 bridgehead atoms. The molecule has 0 radical (unpaired) electrons. The number of nitrogens with one attached hydrogen (secondary N) is 1. The maximum absolute atomic E-state index is 10.6. The molecule has 88 valence electrons. The third-order valence-electron chi connectivity index (χ3n) is 2.09. The molecule has 1 aromatic carbocycles. The first-order chi connectivity index (χ1) is 7.67. The highest BCUT2D eigenvalue weighted by molar-refractivity contribution is 5.87. The minimum Gasteiger partial charge on any atom is -0.478 e. The minimum absolute atomic E-state index is 0.0471. The summed E-state index contributed by atoms with van der Waals surface area (Å²) in [6.07, 6.45) is 0. The lowest BCUT2D eigenvalue weighted by atomic mass is 10.2. The molecule has 0 amide bonds. The van der Waals surface area contributed by atoms with E-state index in [2.05, 4.69) is 5.32 Å². The number of ether oxygens (including phenoxy) is 1. The number of benzene rings is 1. The van der Waals surface area contributed by atoms with Gasteiger partial charge < -0.3 is 20.3 Å². The molecule has 5 heteroatoms. The molecule has 0 aromatic heterocycles. The zero-order valence-corrected chi connectivity index (χ0v) is 9.01. The van der Waals surface area contributed by atoms with Gasteiger partial charge in [0.05, 0.1) is 24.8 Å². The maximum Gasteiger partial charge on any atom is 0.335 e. The van der Waals surface area contributed by atoms with E-state index in [0.29, 0.717) is 6.61 Å². The van der Waals surface area contributed by atoms with E-state index >= 15 is 0 Å². The van der Waals surface area contributed by atoms with Crippen molar-refractivity contribution in [3.05, 3.63) is 29.8 Å². The van der Waals surface area contributed by atoms with Gasteiger partial charge in [0.15, 0.2) is 0 Å². The fraction of sp³-hybridized carbons (Fsp3) is 0.364. The zero-order valence-electron chi connectivity index (χ0n) is 9.01. The van der Waals surface area contributed by atoms with Crippen LogP contribution in [0.4, 0.5) is 5.69 Å². The molecule has 16 heavy (non-hydrogen) atoms. The molecule has 5 nitrogen and oxygen atoms in total. The van der Waals surface area contributed by atoms with Crippen molar-refractivity contribution in [2.75, 3.05) is 25.6 Å². The van der Waals surface area contributed by atoms with Crippen LogP contribution in [0.2, 0.25) is 0 Å². The van der Waals surface area contributed by atoms with Gasteiger partial charge in [0.2, 0.25) is 0 Å². The van der Waals surface area contributed by atoms with Crippen molar-refractivity contribution >= 4 is 11.7 Å². The number of anilines is 1. The van der Waals surface area contributed by atoms with Crippen LogP contribution in [0.3, 0.4) is 0 Å². The number of hydrogen-bond donors (Lipinski definition) is 3. The van der Waals surface area contributed by atoms with Crippen LogP contribution in [0.25, 0.3) is 0 Å². The molecule has 0 spiro atoms. The van der Waals surface area contributed by atoms with Gasteiger partial charge in [0, 0.05) is 12.8 Å². The van der Waals surface area contributed by atoms with E-state index in [9.17, 15) is 4.79 Å². The average Bonchev–Trinajstić information content (AvgIpc) is 2.29. The Hall–Kier alpha value is -1.59. The van der Waals surface area contributed by atoms with Crippen molar-refractivity contribution in [1.82, 2.24) is 0 Å². The van der Waals surface area contributed by atoms with Crippen LogP contribution >= 0.6 is 0 Å². The Morgan fingerprint density at radius 2 is 2.06 bits per heavy atom. The number of carbonyl (C=O) groups is 1. The molecule has 1 atom stereocenters. The van der Waals surface area contributed by atoms with Crippen LogP contribution in [0.5, 0.6) is 0 Å². The minimum atomic E-state index is -0.956. The molecule has 0 heterocycles. The van der Waals surface area contributed by atoms with Crippen LogP contribution in [0.1, 0.15) is 10.4 Å². The summed E-state index contributed by atoms with van der Waals surface area (Å²) in [7, 11) is 1.55. The van der Waals surface area contributed by atoms with Crippen molar-refractivity contribution in [1.29, 1.82) is 0 Å². The molecular weight excluding hydrogens is 210 g/mol. The maximum atomic E-state index is 10.6. The van der Waals surface area contributed by atoms with Gasteiger partial charge in [-0.15, -0.1) is 0 Å². The van der Waals surface area contributed by atoms with Gasteiger partial charge in [-0.2, -0.15) is 0 Å². The van der Waals surface area contributed by atoms with Crippen LogP contribution in [0.15, 0.2) is 24.3 Å². The van der Waals surface area contributed by atoms with Gasteiger partial charge in [-0.25, -0.2) is 4.79 Å². The Labute approximate surface area is 93.7 Å². The number of aliphatic hydroxyl groups excluding tert-OH is 1. The normalized spacial score (nSPS) is 12.1. The van der Waals surface area contributed by atoms with Crippen LogP contribution < -0.4 is 5.32 Å². The van der Waals surface area contributed by atoms with E-state index in [1.807, 2.05) is 0 Å². The summed E-state index contributed by atoms with van der Waals surface area (Å²) >= 11 is 0. The van der Waals surface area contributed by atoms with E-state index in [1.165, 1.54) is 12.1 Å². The van der Waals surface area contributed by atoms with Crippen molar-refractivity contribution < 1.29 is 19.7 Å². The second-order valence-electron chi connectivity index (χ2n) is 3.36. The summed E-state index contributed by atoms with van der Waals surface area (Å²) in [5.74, 6) is -0.956. The number of aromatic carboxylic acids is 1. The lowest BCUT2D eigenvalue weighted by molar-refractivity contribution is 0.0697. The van der Waals surface area contributed by atoms with E-state index < -0.39 is 5.97 Å². The molecule has 0 aliphatic rings. The fourth-order valence-electron chi connectivity index (χ4n) is 1.29. The fourth-order valence-corrected chi connectivity index (χ4v) is 1.29. The van der Waals surface area contributed by atoms with Crippen molar-refractivity contribution in [3.63, 3.8) is 0 Å². The molecule has 1 rings (SSSR count). The van der Waals surface area contributed by atoms with Gasteiger partial charge in [0.1, 0.15) is 0 Å². The SMILES string of the molecule is COCC(CO)Nc1ccc(C(=O)O)cc1. The van der Waals surface area contributed by atoms with E-state index in [1.54, 1.807) is 19.2 Å². The smallest absolute Gasteiger partial charge is 0.335 e. The highest BCUT2D eigenvalue weighted by Gasteiger charge is 2.07. The van der Waals surface area contributed by atoms with Crippen molar-refractivity contribution in [2.45, 2.75) is 6.04 Å². The Bertz CT molecular complexity index is 336. The number of carboxylic acid groups (broad SMARTS) is 1. The van der Waals surface area contributed by atoms with Gasteiger partial charge in [0.25, 0.3) is 0 Å². The van der Waals surface area contributed by atoms with Gasteiger partial charge in [-0.1, -0.05) is 0 Å². The highest BCUT2D eigenvalue weighted by atomic mass is 16.5. The second kappa shape index (κ2) is 6.09. The Morgan fingerprint density at radius 3 is 2.50 bits per heavy atom. The number of hydrogen-bond acceptors (Lipinski definition) is 4. The first-order valence-corrected chi connectivity index (χ1v) is 4.87. The number of carboxylic acids is 1. The van der Waals surface area contributed by atoms with Crippen LogP contribution in [0, 0.1) is 0 Å². The highest BCUT2D eigenvalue weighted by Crippen LogP contribution is 2.10. The monoisotopic (exact) mass is 225 g/mol. The molecular formula is C11H15NO4. The number of methoxy groups -OCH3 is 1. The van der Waals surface area contributed by atoms with E-state index in [4.69, 9.17) is 14.9 Å². The van der Waals surface area contributed by atoms with E-state index in [-0.39, 0.29) is 18.2 Å². The molecule has 3 N–H and O–H groups in total. The third-order valence-corrected chi connectivity index (χ3v) is 2.09. The van der Waals surface area contributed by atoms with Gasteiger partial charge in [-0.3, -0.25) is 0 Å². The third kappa shape index (κ3) is 3.52. The predicted octanol–water partition coefficient (Wildman–Crippen LogP) is 0.804. The molecule has 1 aromatic rings. The Kier molecular flexibility index (Phi) is 4.75. The van der Waals surface area contributed by atoms with E-state index in [0.717, 1.165) is 5.69 Å². The molecule has 0 fully saturated rings. The molecule has 0 aliphatic carbocycles. The predicted molar refractivity (Wildman–Crippen MR) is 59.8 cm³/mol. The van der Waals surface area contributed by atoms with Crippen LogP contribution in [-0.2, 0) is 4.74 Å². The molecule has 1 unspecified atom stereocenters.